The maximum absolute atomic E-state index is 9.37. The van der Waals surface area contributed by atoms with Crippen molar-refractivity contribution in [2.75, 3.05) is 0 Å². The Kier molecular flexibility index (Phi) is 21.6. The van der Waals surface area contributed by atoms with Gasteiger partial charge in [-0.15, -0.1) is 0 Å². The van der Waals surface area contributed by atoms with Gasteiger partial charge in [-0.3, -0.25) is 9.59 Å². The predicted octanol–water partition coefficient (Wildman–Crippen LogP) is 1.59. The monoisotopic (exact) mass is 271 g/mol. The second kappa shape index (κ2) is 16.9. The van der Waals surface area contributed by atoms with Gasteiger partial charge >= 0.3 is 41.5 Å². The molecule has 1 rings (SSSR count). The van der Waals surface area contributed by atoms with Gasteiger partial charge in [-0.05, 0) is 12.8 Å². The molecular weight excluding hydrogens is 245 g/mol. The van der Waals surface area contributed by atoms with Crippen molar-refractivity contribution in [3.05, 3.63) is 0 Å². The molecule has 1 aliphatic rings. The fraction of sp³-hybridized carbons (Fsp3) is 0.833. The van der Waals surface area contributed by atoms with E-state index in [-0.39, 0.29) is 42.4 Å². The molecule has 0 bridgehead atoms. The molecule has 104 valence electrons. The van der Waals surface area contributed by atoms with Crippen LogP contribution in [0.5, 0.6) is 0 Å². The van der Waals surface area contributed by atoms with Gasteiger partial charge in [0.05, 0.1) is 0 Å². The Labute approximate surface area is 131 Å². The summed E-state index contributed by atoms with van der Waals surface area (Å²) in [4.78, 5) is 18.7. The van der Waals surface area contributed by atoms with Crippen LogP contribution in [0.25, 0.3) is 0 Å². The van der Waals surface area contributed by atoms with Crippen LogP contribution in [-0.2, 0) is 9.59 Å². The molecule has 6 heteroatoms. The van der Waals surface area contributed by atoms with Gasteiger partial charge in [0, 0.05) is 18.9 Å². The Morgan fingerprint density at radius 3 is 1.39 bits per heavy atom. The molecule has 0 heterocycles. The van der Waals surface area contributed by atoms with Crippen LogP contribution < -0.4 is 5.73 Å². The van der Waals surface area contributed by atoms with Crippen molar-refractivity contribution in [2.45, 2.75) is 64.8 Å². The van der Waals surface area contributed by atoms with Gasteiger partial charge in [0.1, 0.15) is 0 Å². The summed E-state index contributed by atoms with van der Waals surface area (Å²) in [6, 6.07) is 0.536. The van der Waals surface area contributed by atoms with Crippen LogP contribution in [0.3, 0.4) is 0 Å². The molecule has 1 saturated carbocycles. The van der Waals surface area contributed by atoms with Gasteiger partial charge in [-0.25, -0.2) is 0 Å². The molecule has 5 nitrogen and oxygen atoms in total. The first kappa shape index (κ1) is 23.0. The van der Waals surface area contributed by atoms with E-state index in [1.54, 1.807) is 13.8 Å². The van der Waals surface area contributed by atoms with Gasteiger partial charge in [0.15, 0.2) is 0 Å². The molecule has 0 atom stereocenters. The van der Waals surface area contributed by atoms with Crippen molar-refractivity contribution in [3.63, 3.8) is 0 Å². The number of hydrogen-bond donors (Lipinski definition) is 3. The van der Waals surface area contributed by atoms with Gasteiger partial charge in [0.2, 0.25) is 0 Å². The third-order valence-electron chi connectivity index (χ3n) is 2.25. The Hall–Kier alpha value is -0.100. The molecule has 0 amide bonds. The van der Waals surface area contributed by atoms with Crippen molar-refractivity contribution < 1.29 is 19.8 Å². The molecule has 1 aliphatic carbocycles. The van der Waals surface area contributed by atoms with Crippen molar-refractivity contribution in [2.24, 2.45) is 5.73 Å². The molecule has 1 fully saturated rings. The average Bonchev–Trinajstić information content (AvgIpc) is 2.31. The van der Waals surface area contributed by atoms with E-state index >= 15 is 0 Å². The fourth-order valence-corrected chi connectivity index (χ4v) is 1.13. The topological polar surface area (TPSA) is 101 Å². The number of carboxylic acids is 2. The summed E-state index contributed by atoms with van der Waals surface area (Å²) in [5.74, 6) is -1.49. The number of carboxylic acid groups (broad SMARTS) is 2. The summed E-state index contributed by atoms with van der Waals surface area (Å²) in [6.45, 7) is 3.20. The van der Waals surface area contributed by atoms with E-state index in [0.717, 1.165) is 0 Å². The van der Waals surface area contributed by atoms with Gasteiger partial charge in [0.25, 0.3) is 0 Å². The molecule has 0 aromatic heterocycles. The van der Waals surface area contributed by atoms with Crippen LogP contribution in [0.2, 0.25) is 0 Å². The Balaban J connectivity index is -0.000000188. The second-order valence-electron chi connectivity index (χ2n) is 3.89. The third-order valence-corrected chi connectivity index (χ3v) is 2.25. The summed E-state index contributed by atoms with van der Waals surface area (Å²) in [5.41, 5.74) is 5.63. The Morgan fingerprint density at radius 2 is 1.28 bits per heavy atom. The number of nitrogens with two attached hydrogens (primary N) is 1. The zero-order valence-corrected chi connectivity index (χ0v) is 10.8. The van der Waals surface area contributed by atoms with Crippen molar-refractivity contribution in [3.8, 4) is 0 Å². The minimum absolute atomic E-state index is 0. The molecule has 0 aromatic carbocycles. The summed E-state index contributed by atoms with van der Waals surface area (Å²) in [5, 5.41) is 15.4. The van der Waals surface area contributed by atoms with Crippen LogP contribution in [0.4, 0.5) is 0 Å². The number of carbonyl (C=O) groups is 2. The summed E-state index contributed by atoms with van der Waals surface area (Å²) >= 11 is 0. The summed E-state index contributed by atoms with van der Waals surface area (Å²) in [6.07, 6.45) is 7.11. The SMILES string of the molecule is CCC(=O)O.CCC(=O)O.NC1CCCCC1.[NaH]. The Bertz CT molecular complexity index is 192. The van der Waals surface area contributed by atoms with Crippen molar-refractivity contribution >= 4 is 41.5 Å². The van der Waals surface area contributed by atoms with E-state index < -0.39 is 11.9 Å². The quantitative estimate of drug-likeness (QED) is 0.662. The second-order valence-corrected chi connectivity index (χ2v) is 3.89. The average molecular weight is 271 g/mol. The van der Waals surface area contributed by atoms with Crippen LogP contribution in [0, 0.1) is 0 Å². The van der Waals surface area contributed by atoms with Crippen LogP contribution in [0.15, 0.2) is 0 Å². The van der Waals surface area contributed by atoms with E-state index in [9.17, 15) is 9.59 Å². The molecule has 0 radical (unpaired) electrons. The van der Waals surface area contributed by atoms with E-state index in [1.807, 2.05) is 0 Å². The third kappa shape index (κ3) is 24.9. The fourth-order valence-electron chi connectivity index (χ4n) is 1.13. The van der Waals surface area contributed by atoms with Crippen LogP contribution in [0.1, 0.15) is 58.8 Å². The molecule has 18 heavy (non-hydrogen) atoms. The van der Waals surface area contributed by atoms with Gasteiger partial charge in [-0.1, -0.05) is 33.1 Å². The standard InChI is InChI=1S/C6H13N.2C3H6O2.Na.H/c7-6-4-2-1-3-5-6;2*1-2-3(4)5;;/h6H,1-5,7H2;2*2H2,1H3,(H,4,5);;. The zero-order valence-electron chi connectivity index (χ0n) is 10.8. The van der Waals surface area contributed by atoms with Crippen LogP contribution >= 0.6 is 0 Å². The number of hydrogen-bond acceptors (Lipinski definition) is 3. The zero-order chi connectivity index (χ0) is 13.7. The Morgan fingerprint density at radius 1 is 1.00 bits per heavy atom. The molecule has 0 saturated heterocycles. The molecule has 0 aromatic rings. The van der Waals surface area contributed by atoms with Gasteiger partial charge < -0.3 is 15.9 Å². The molecule has 0 unspecified atom stereocenters. The van der Waals surface area contributed by atoms with E-state index in [4.69, 9.17) is 15.9 Å². The predicted molar refractivity (Wildman–Crippen MR) is 74.1 cm³/mol. The summed E-state index contributed by atoms with van der Waals surface area (Å²) in [7, 11) is 0. The van der Waals surface area contributed by atoms with E-state index in [2.05, 4.69) is 0 Å². The van der Waals surface area contributed by atoms with Crippen LogP contribution in [-0.4, -0.2) is 57.8 Å². The number of aliphatic carboxylic acids is 2. The van der Waals surface area contributed by atoms with E-state index in [0.29, 0.717) is 6.04 Å². The minimum atomic E-state index is -0.745. The first-order valence-electron chi connectivity index (χ1n) is 6.13. The summed E-state index contributed by atoms with van der Waals surface area (Å²) < 4.78 is 0. The molecule has 4 N–H and O–H groups in total. The normalized spacial score (nSPS) is 13.9. The number of rotatable bonds is 2. The van der Waals surface area contributed by atoms with Crippen molar-refractivity contribution in [1.82, 2.24) is 0 Å². The molecule has 0 spiro atoms. The molecular formula is C12H26NNaO4. The first-order valence-corrected chi connectivity index (χ1v) is 6.13. The van der Waals surface area contributed by atoms with Crippen molar-refractivity contribution in [1.29, 1.82) is 0 Å². The first-order chi connectivity index (χ1) is 7.93. The van der Waals surface area contributed by atoms with E-state index in [1.165, 1.54) is 32.1 Å². The maximum atomic E-state index is 9.37. The van der Waals surface area contributed by atoms with Gasteiger partial charge in [-0.2, -0.15) is 0 Å². The molecule has 0 aliphatic heterocycles.